The molecule has 0 amide bonds. The third-order valence-corrected chi connectivity index (χ3v) is 3.05. The van der Waals surface area contributed by atoms with E-state index in [1.54, 1.807) is 0 Å². The summed E-state index contributed by atoms with van der Waals surface area (Å²) in [5, 5.41) is 0. The van der Waals surface area contributed by atoms with E-state index in [1.807, 2.05) is 0 Å². The van der Waals surface area contributed by atoms with Crippen LogP contribution in [0.2, 0.25) is 0 Å². The van der Waals surface area contributed by atoms with E-state index < -0.39 is 28.8 Å². The van der Waals surface area contributed by atoms with Gasteiger partial charge in [0.2, 0.25) is 0 Å². The van der Waals surface area contributed by atoms with Gasteiger partial charge < -0.3 is 0 Å². The van der Waals surface area contributed by atoms with Crippen molar-refractivity contribution >= 4 is 21.7 Å². The topological polar surface area (TPSA) is 17.1 Å². The van der Waals surface area contributed by atoms with Crippen LogP contribution in [0, 0.1) is 17.5 Å². The summed E-state index contributed by atoms with van der Waals surface area (Å²) in [6, 6.07) is 7.13. The molecule has 0 spiro atoms. The van der Waals surface area contributed by atoms with Gasteiger partial charge in [-0.15, -0.1) is 0 Å². The zero-order valence-corrected chi connectivity index (χ0v) is 10.5. The monoisotopic (exact) mass is 314 g/mol. The van der Waals surface area contributed by atoms with Crippen LogP contribution in [0.4, 0.5) is 13.2 Å². The number of hydrogen-bond donors (Lipinski definition) is 0. The molecule has 0 atom stereocenters. The smallest absolute Gasteiger partial charge is 0.200 e. The van der Waals surface area contributed by atoms with Crippen LogP contribution in [0.5, 0.6) is 0 Å². The molecular formula is C13H6BrF3O. The van der Waals surface area contributed by atoms with Gasteiger partial charge in [-0.05, 0) is 40.2 Å². The first kappa shape index (κ1) is 12.8. The summed E-state index contributed by atoms with van der Waals surface area (Å²) in [5.74, 6) is -4.12. The van der Waals surface area contributed by atoms with Crippen LogP contribution in [-0.4, -0.2) is 5.78 Å². The molecule has 2 aromatic rings. The zero-order valence-electron chi connectivity index (χ0n) is 8.88. The molecule has 0 aliphatic carbocycles. The second kappa shape index (κ2) is 4.94. The van der Waals surface area contributed by atoms with Crippen molar-refractivity contribution in [3.05, 3.63) is 69.4 Å². The molecule has 92 valence electrons. The van der Waals surface area contributed by atoms with Crippen molar-refractivity contribution in [2.45, 2.75) is 0 Å². The number of ketones is 1. The lowest BCUT2D eigenvalue weighted by atomic mass is 10.0. The van der Waals surface area contributed by atoms with Gasteiger partial charge >= 0.3 is 0 Å². The average molecular weight is 315 g/mol. The standard InChI is InChI=1S/C13H6BrF3O/c14-8-4-2-5-9(15)11(8)13(18)7-3-1-6-10(16)12(7)17/h1-6H. The molecule has 0 saturated heterocycles. The number of rotatable bonds is 2. The first-order chi connectivity index (χ1) is 8.52. The van der Waals surface area contributed by atoms with Gasteiger partial charge in [0.15, 0.2) is 17.4 Å². The van der Waals surface area contributed by atoms with Crippen molar-refractivity contribution in [3.63, 3.8) is 0 Å². The Kier molecular flexibility index (Phi) is 3.52. The van der Waals surface area contributed by atoms with E-state index in [9.17, 15) is 18.0 Å². The van der Waals surface area contributed by atoms with Gasteiger partial charge in [0.1, 0.15) is 5.82 Å². The number of carbonyl (C=O) groups excluding carboxylic acids is 1. The number of benzene rings is 2. The minimum atomic E-state index is -1.28. The van der Waals surface area contributed by atoms with E-state index in [0.717, 1.165) is 18.2 Å². The lowest BCUT2D eigenvalue weighted by Gasteiger charge is -2.06. The van der Waals surface area contributed by atoms with Crippen LogP contribution >= 0.6 is 15.9 Å². The molecule has 0 aliphatic heterocycles. The van der Waals surface area contributed by atoms with Crippen LogP contribution in [0.15, 0.2) is 40.9 Å². The van der Waals surface area contributed by atoms with E-state index in [0.29, 0.717) is 0 Å². The highest BCUT2D eigenvalue weighted by atomic mass is 79.9. The Morgan fingerprint density at radius 2 is 1.56 bits per heavy atom. The molecule has 2 aromatic carbocycles. The molecule has 1 nitrogen and oxygen atoms in total. The van der Waals surface area contributed by atoms with Gasteiger partial charge in [0.05, 0.1) is 11.1 Å². The second-order valence-corrected chi connectivity index (χ2v) is 4.38. The molecule has 0 N–H and O–H groups in total. The van der Waals surface area contributed by atoms with Crippen LogP contribution in [-0.2, 0) is 0 Å². The predicted octanol–water partition coefficient (Wildman–Crippen LogP) is 4.10. The molecule has 0 aliphatic rings. The van der Waals surface area contributed by atoms with Crippen molar-refractivity contribution < 1.29 is 18.0 Å². The SMILES string of the molecule is O=C(c1cccc(F)c1F)c1c(F)cccc1Br. The molecule has 0 radical (unpaired) electrons. The Bertz CT molecular complexity index is 605. The molecule has 0 unspecified atom stereocenters. The molecule has 0 aromatic heterocycles. The summed E-state index contributed by atoms with van der Waals surface area (Å²) >= 11 is 3.01. The molecule has 0 fully saturated rings. The maximum Gasteiger partial charge on any atom is 0.200 e. The summed E-state index contributed by atoms with van der Waals surface area (Å²) in [6.45, 7) is 0. The van der Waals surface area contributed by atoms with Gasteiger partial charge in [0.25, 0.3) is 0 Å². The fourth-order valence-electron chi connectivity index (χ4n) is 1.53. The largest absolute Gasteiger partial charge is 0.288 e. The van der Waals surface area contributed by atoms with Crippen molar-refractivity contribution in [2.75, 3.05) is 0 Å². The predicted molar refractivity (Wildman–Crippen MR) is 63.9 cm³/mol. The minimum Gasteiger partial charge on any atom is -0.288 e. The van der Waals surface area contributed by atoms with Crippen LogP contribution in [0.1, 0.15) is 15.9 Å². The summed E-state index contributed by atoms with van der Waals surface area (Å²) in [4.78, 5) is 12.0. The fraction of sp³-hybridized carbons (Fsp3) is 0. The third kappa shape index (κ3) is 2.18. The fourth-order valence-corrected chi connectivity index (χ4v) is 2.05. The highest BCUT2D eigenvalue weighted by molar-refractivity contribution is 9.10. The Morgan fingerprint density at radius 1 is 0.944 bits per heavy atom. The number of hydrogen-bond acceptors (Lipinski definition) is 1. The van der Waals surface area contributed by atoms with E-state index >= 15 is 0 Å². The quantitative estimate of drug-likeness (QED) is 0.763. The van der Waals surface area contributed by atoms with Gasteiger partial charge in [-0.3, -0.25) is 4.79 Å². The summed E-state index contributed by atoms with van der Waals surface area (Å²) in [6.07, 6.45) is 0. The van der Waals surface area contributed by atoms with E-state index in [4.69, 9.17) is 0 Å². The average Bonchev–Trinajstić information content (AvgIpc) is 2.32. The van der Waals surface area contributed by atoms with Crippen LogP contribution < -0.4 is 0 Å². The summed E-state index contributed by atoms with van der Waals surface area (Å²) in [7, 11) is 0. The van der Waals surface area contributed by atoms with E-state index in [2.05, 4.69) is 15.9 Å². The highest BCUT2D eigenvalue weighted by Gasteiger charge is 2.21. The maximum absolute atomic E-state index is 13.6. The van der Waals surface area contributed by atoms with E-state index in [-0.39, 0.29) is 10.0 Å². The molecule has 5 heteroatoms. The van der Waals surface area contributed by atoms with Crippen molar-refractivity contribution in [1.29, 1.82) is 0 Å². The number of carbonyl (C=O) groups is 1. The van der Waals surface area contributed by atoms with Crippen LogP contribution in [0.3, 0.4) is 0 Å². The van der Waals surface area contributed by atoms with Gasteiger partial charge in [-0.1, -0.05) is 12.1 Å². The summed E-state index contributed by atoms with van der Waals surface area (Å²) in [5.41, 5.74) is -0.817. The minimum absolute atomic E-state index is 0.191. The summed E-state index contributed by atoms with van der Waals surface area (Å²) < 4.78 is 40.2. The zero-order chi connectivity index (χ0) is 13.3. The first-order valence-electron chi connectivity index (χ1n) is 4.95. The molecule has 0 bridgehead atoms. The second-order valence-electron chi connectivity index (χ2n) is 3.53. The van der Waals surface area contributed by atoms with Gasteiger partial charge in [-0.2, -0.15) is 0 Å². The number of halogens is 4. The van der Waals surface area contributed by atoms with Crippen molar-refractivity contribution in [3.8, 4) is 0 Å². The van der Waals surface area contributed by atoms with Crippen LogP contribution in [0.25, 0.3) is 0 Å². The molecule has 18 heavy (non-hydrogen) atoms. The highest BCUT2D eigenvalue weighted by Crippen LogP contribution is 2.24. The third-order valence-electron chi connectivity index (χ3n) is 2.39. The van der Waals surface area contributed by atoms with Crippen molar-refractivity contribution in [2.24, 2.45) is 0 Å². The maximum atomic E-state index is 13.6. The lowest BCUT2D eigenvalue weighted by molar-refractivity contribution is 0.102. The Balaban J connectivity index is 2.59. The lowest BCUT2D eigenvalue weighted by Crippen LogP contribution is -2.08. The van der Waals surface area contributed by atoms with E-state index in [1.165, 1.54) is 18.2 Å². The first-order valence-corrected chi connectivity index (χ1v) is 5.74. The Hall–Kier alpha value is -1.62. The molecule has 2 rings (SSSR count). The van der Waals surface area contributed by atoms with Crippen molar-refractivity contribution in [1.82, 2.24) is 0 Å². The van der Waals surface area contributed by atoms with Gasteiger partial charge in [-0.25, -0.2) is 13.2 Å². The normalized spacial score (nSPS) is 10.4. The molecule has 0 saturated carbocycles. The Morgan fingerprint density at radius 3 is 2.22 bits per heavy atom. The molecular weight excluding hydrogens is 309 g/mol. The Labute approximate surface area is 109 Å². The van der Waals surface area contributed by atoms with Gasteiger partial charge in [0, 0.05) is 4.47 Å². The molecule has 0 heterocycles.